The molecule has 6 aliphatic heterocycles. The highest BCUT2D eigenvalue weighted by Gasteiger charge is 2.51. The van der Waals surface area contributed by atoms with Crippen molar-refractivity contribution >= 4 is 92.9 Å². The number of benzene rings is 6. The molecule has 0 radical (unpaired) electrons. The molecule has 124 heavy (non-hydrogen) atoms. The van der Waals surface area contributed by atoms with Crippen LogP contribution in [-0.2, 0) is 94.6 Å². The molecule has 2 fully saturated rings. The number of nitrogens with one attached hydrogen (secondary N) is 6. The lowest BCUT2D eigenvalue weighted by Gasteiger charge is -2.37. The van der Waals surface area contributed by atoms with Crippen LogP contribution in [0.25, 0.3) is 21.5 Å². The molecule has 2 aromatic heterocycles. The Kier molecular flexibility index (Phi) is 28.2. The van der Waals surface area contributed by atoms with Crippen molar-refractivity contribution in [2.24, 2.45) is 10.8 Å². The molecule has 8 heterocycles. The molecule has 0 aliphatic carbocycles. The Morgan fingerprint density at radius 3 is 1.31 bits per heavy atom. The predicted octanol–water partition coefficient (Wildman–Crippen LogP) is 7.80. The summed E-state index contributed by atoms with van der Waals surface area (Å²) in [5, 5.41) is 49.3. The number of nitrogens with zero attached hydrogens (tertiary/aromatic N) is 10. The molecular formula is C90H112N16O18. The molecule has 1 unspecified atom stereocenters. The summed E-state index contributed by atoms with van der Waals surface area (Å²) in [6.07, 6.45) is 1.06. The van der Waals surface area contributed by atoms with Gasteiger partial charge in [0.2, 0.25) is 47.3 Å². The number of hydrogen-bond acceptors (Lipinski definition) is 21. The first-order chi connectivity index (χ1) is 58.4. The van der Waals surface area contributed by atoms with Crippen molar-refractivity contribution in [3.63, 3.8) is 0 Å². The van der Waals surface area contributed by atoms with Crippen LogP contribution in [0, 0.1) is 10.8 Å². The largest absolute Gasteiger partial charge is 0.487 e. The zero-order chi connectivity index (χ0) is 90.2. The number of likely N-dealkylation sites (tertiary alicyclic amines) is 2. The van der Waals surface area contributed by atoms with E-state index in [4.69, 9.17) is 23.7 Å². The number of carbonyl (C=O) groups excluding carboxylic acids is 11. The van der Waals surface area contributed by atoms with Gasteiger partial charge in [0.1, 0.15) is 102 Å². The van der Waals surface area contributed by atoms with Crippen LogP contribution in [-0.4, -0.2) is 226 Å². The summed E-state index contributed by atoms with van der Waals surface area (Å²) in [6, 6.07) is 22.5. The standard InChI is InChI=1S/C90H112N16O18/c1-51(101(15)85(118)123-89(9,10)11)75(107)95-73(87(3,4)5)81(113)103-40-38-68-71(103)79(111)91-65(45-54-26-30-56-22-18-20-24-59(56)42-54)77(109)93-67(83(115)116)44-53-28-34-63(35-29-53)121-49-61-47-105(99-97-61)69-39-41-104(82(114)74(88(6,7)8)96-76(108)52(2)102(16)86(119)124-90(12,13)14)72(69)80(112)92-66(46-55-27-31-57-23-19-21-25-60(57)43-55)78(110)94-70(84(117)120-17)58-32-36-64(37-33-58)122-50-62-48-106(68)100-98-62/h18-37,42-43,47-48,51-52,65-74H,38-41,44-46,49-50H2,1-17H3,(H,91,111)(H,92,112)(H,93,109)(H,94,110)(H,95,107)(H,96,108)(H,115,116)/t51-,52-,65-,66-,67-,68?,69+,70-,71-,72-,73+,74+/m0/s1. The fourth-order valence-electron chi connectivity index (χ4n) is 15.1. The molecule has 2 saturated heterocycles. The van der Waals surface area contributed by atoms with E-state index in [1.165, 1.54) is 77.6 Å². The van der Waals surface area contributed by atoms with Crippen LogP contribution in [0.3, 0.4) is 0 Å². The number of ether oxygens (including phenoxy) is 5. The Labute approximate surface area is 719 Å². The molecule has 7 N–H and O–H groups in total. The zero-order valence-corrected chi connectivity index (χ0v) is 73.0. The lowest BCUT2D eigenvalue weighted by Crippen LogP contribution is -2.62. The van der Waals surface area contributed by atoms with E-state index in [9.17, 15) is 33.9 Å². The highest BCUT2D eigenvalue weighted by molar-refractivity contribution is 5.99. The van der Waals surface area contributed by atoms with Crippen LogP contribution >= 0.6 is 0 Å². The number of aliphatic carboxylic acids is 1. The lowest BCUT2D eigenvalue weighted by molar-refractivity contribution is -0.146. The van der Waals surface area contributed by atoms with E-state index in [0.29, 0.717) is 22.4 Å². The maximum atomic E-state index is 15.9. The predicted molar refractivity (Wildman–Crippen MR) is 455 cm³/mol. The summed E-state index contributed by atoms with van der Waals surface area (Å²) >= 11 is 0. The summed E-state index contributed by atoms with van der Waals surface area (Å²) in [5.41, 5.74) is -1.54. The maximum absolute atomic E-state index is 15.9. The molecule has 0 spiro atoms. The van der Waals surface area contributed by atoms with E-state index in [2.05, 4.69) is 52.5 Å². The normalized spacial score (nSPS) is 20.6. The molecule has 14 rings (SSSR count). The Hall–Kier alpha value is -13.0. The molecule has 6 aliphatic rings. The summed E-state index contributed by atoms with van der Waals surface area (Å²) in [7, 11) is 3.94. The summed E-state index contributed by atoms with van der Waals surface area (Å²) < 4.78 is 31.8. The van der Waals surface area contributed by atoms with Crippen molar-refractivity contribution < 1.29 is 86.3 Å². The van der Waals surface area contributed by atoms with Crippen molar-refractivity contribution in [2.75, 3.05) is 34.3 Å². The van der Waals surface area contributed by atoms with E-state index >= 15 is 28.8 Å². The van der Waals surface area contributed by atoms with Gasteiger partial charge in [-0.15, -0.1) is 10.2 Å². The van der Waals surface area contributed by atoms with Crippen LogP contribution in [0.5, 0.6) is 11.5 Å². The highest BCUT2D eigenvalue weighted by Crippen LogP contribution is 2.36. The average Bonchev–Trinajstić information content (AvgIpc) is 1.62. The fraction of sp³-hybridized carbons (Fsp3) is 0.467. The Bertz CT molecular complexity index is 5280. The minimum atomic E-state index is -1.59. The second kappa shape index (κ2) is 38.2. The number of hydrogen-bond donors (Lipinski definition) is 7. The molecule has 8 bridgehead atoms. The number of amides is 10. The zero-order valence-electron chi connectivity index (χ0n) is 73.0. The third-order valence-electron chi connectivity index (χ3n) is 22.2. The van der Waals surface area contributed by atoms with Crippen molar-refractivity contribution in [3.05, 3.63) is 179 Å². The summed E-state index contributed by atoms with van der Waals surface area (Å²) in [5.74, 6) is -7.95. The van der Waals surface area contributed by atoms with Gasteiger partial charge >= 0.3 is 24.1 Å². The number of rotatable bonds is 14. The number of carboxylic acids is 1. The molecule has 34 heteroatoms. The van der Waals surface area contributed by atoms with Gasteiger partial charge in [-0.2, -0.15) is 0 Å². The van der Waals surface area contributed by atoms with Gasteiger partial charge in [-0.1, -0.05) is 161 Å². The first kappa shape index (κ1) is 91.7. The minimum Gasteiger partial charge on any atom is -0.487 e. The second-order valence-corrected chi connectivity index (χ2v) is 35.9. The maximum Gasteiger partial charge on any atom is 0.410 e. The Morgan fingerprint density at radius 1 is 0.524 bits per heavy atom. The SMILES string of the molecule is COC(=O)[C@H]1NC(=O)[C@H](Cc2ccc3ccccc3c2)NC(=O)[C@@H]2[C@@H](CCN2C(=O)[C@@H](NC(=O)[C@H](C)N(C)C(=O)OC(C)(C)C)C(C)(C)C)n2cc(nn2)COc2ccc(cc2)C[C@@H](C(=O)O)NC(=O)[C@H](Cc2ccc3ccccc3c2)NC(=O)[C@@H]2C(CCN2C(=O)[C@@H](NC(=O)[C@H](C)N(C)C(=O)OC(C)(C)C)C(C)(C)C)n2cc(nn2)COc2ccc1cc2. The van der Waals surface area contributed by atoms with Gasteiger partial charge in [0.05, 0.1) is 31.6 Å². The molecule has 12 atom stereocenters. The first-order valence-electron chi connectivity index (χ1n) is 41.3. The van der Waals surface area contributed by atoms with E-state index in [-0.39, 0.29) is 81.1 Å². The topological polar surface area (TPSA) is 418 Å². The Balaban J connectivity index is 0.957. The number of carbonyl (C=O) groups is 12. The van der Waals surface area contributed by atoms with Crippen LogP contribution in [0.2, 0.25) is 0 Å². The summed E-state index contributed by atoms with van der Waals surface area (Å²) in [4.78, 5) is 181. The molecule has 34 nitrogen and oxygen atoms in total. The fourth-order valence-corrected chi connectivity index (χ4v) is 15.1. The van der Waals surface area contributed by atoms with Gasteiger partial charge in [0.15, 0.2) is 6.04 Å². The van der Waals surface area contributed by atoms with Gasteiger partial charge < -0.3 is 70.5 Å². The van der Waals surface area contributed by atoms with Crippen molar-refractivity contribution in [2.45, 2.75) is 226 Å². The van der Waals surface area contributed by atoms with Gasteiger partial charge in [-0.05, 0) is 147 Å². The molecular weight excluding hydrogens is 1590 g/mol. The van der Waals surface area contributed by atoms with Gasteiger partial charge in [-0.25, -0.2) is 28.5 Å². The van der Waals surface area contributed by atoms with Gasteiger partial charge in [-0.3, -0.25) is 48.2 Å². The van der Waals surface area contributed by atoms with Crippen molar-refractivity contribution in [1.82, 2.24) is 81.5 Å². The number of likely N-dealkylation sites (N-methyl/N-ethyl adjacent to an activating group) is 2. The smallest absolute Gasteiger partial charge is 0.410 e. The average molecular weight is 1710 g/mol. The number of fused-ring (bicyclic) bond motifs is 2. The molecule has 660 valence electrons. The first-order valence-corrected chi connectivity index (χ1v) is 41.3. The minimum absolute atomic E-state index is 0.0700. The van der Waals surface area contributed by atoms with Gasteiger partial charge in [0, 0.05) is 46.4 Å². The number of aromatic nitrogens is 6. The van der Waals surface area contributed by atoms with Crippen LogP contribution in [0.15, 0.2) is 146 Å². The van der Waals surface area contributed by atoms with E-state index in [0.717, 1.165) is 38.5 Å². The van der Waals surface area contributed by atoms with Crippen molar-refractivity contribution in [1.29, 1.82) is 0 Å². The number of methoxy groups -OCH3 is 1. The summed E-state index contributed by atoms with van der Waals surface area (Å²) in [6.45, 7) is 22.8. The van der Waals surface area contributed by atoms with E-state index in [1.807, 2.05) is 72.8 Å². The van der Waals surface area contributed by atoms with E-state index < -0.39 is 166 Å². The second-order valence-electron chi connectivity index (χ2n) is 35.9. The van der Waals surface area contributed by atoms with Crippen LogP contribution < -0.4 is 41.4 Å². The third-order valence-corrected chi connectivity index (χ3v) is 22.2. The van der Waals surface area contributed by atoms with Crippen LogP contribution in [0.4, 0.5) is 9.59 Å². The van der Waals surface area contributed by atoms with Crippen LogP contribution in [0.1, 0.15) is 162 Å². The lowest BCUT2D eigenvalue weighted by atomic mass is 9.85. The molecule has 0 saturated carbocycles. The molecule has 8 aromatic rings. The molecule has 6 aromatic carbocycles. The Morgan fingerprint density at radius 2 is 0.919 bits per heavy atom. The van der Waals surface area contributed by atoms with E-state index in [1.54, 1.807) is 126 Å². The number of esters is 1. The van der Waals surface area contributed by atoms with Crippen molar-refractivity contribution in [3.8, 4) is 11.5 Å². The molecule has 10 amide bonds. The third kappa shape index (κ3) is 22.6. The van der Waals surface area contributed by atoms with Gasteiger partial charge in [0.25, 0.3) is 0 Å². The number of carboxylic acid groups (broad SMARTS) is 1. The monoisotopic (exact) mass is 1700 g/mol. The quantitative estimate of drug-likeness (QED) is 0.0403. The highest BCUT2D eigenvalue weighted by atomic mass is 16.6.